The number of nitrogens with two attached hydrogens (primary N) is 1. The lowest BCUT2D eigenvalue weighted by Crippen LogP contribution is -2.32. The van der Waals surface area contributed by atoms with Crippen molar-refractivity contribution in [2.24, 2.45) is 5.73 Å². The largest absolute Gasteiger partial charge is 0.325 e. The minimum Gasteiger partial charge on any atom is -0.325 e. The van der Waals surface area contributed by atoms with E-state index in [1.54, 1.807) is 6.92 Å². The van der Waals surface area contributed by atoms with Gasteiger partial charge in [-0.2, -0.15) is 0 Å². The zero-order chi connectivity index (χ0) is 19.5. The maximum absolute atomic E-state index is 11.7. The predicted octanol–water partition coefficient (Wildman–Crippen LogP) is 4.84. The van der Waals surface area contributed by atoms with Gasteiger partial charge in [-0.05, 0) is 42.3 Å². The second kappa shape index (κ2) is 7.62. The summed E-state index contributed by atoms with van der Waals surface area (Å²) in [6.07, 6.45) is 4.20. The van der Waals surface area contributed by atoms with Crippen molar-refractivity contribution in [1.29, 1.82) is 0 Å². The van der Waals surface area contributed by atoms with Crippen LogP contribution >= 0.6 is 0 Å². The first-order valence-corrected chi connectivity index (χ1v) is 9.24. The molecule has 0 saturated carbocycles. The van der Waals surface area contributed by atoms with Gasteiger partial charge in [0.15, 0.2) is 0 Å². The Hall–Kier alpha value is -3.50. The van der Waals surface area contributed by atoms with Gasteiger partial charge in [0.1, 0.15) is 0 Å². The highest BCUT2D eigenvalue weighted by Gasteiger charge is 2.07. The van der Waals surface area contributed by atoms with Crippen molar-refractivity contribution in [2.45, 2.75) is 13.0 Å². The summed E-state index contributed by atoms with van der Waals surface area (Å²) in [6.45, 7) is 1.66. The molecule has 4 nitrogen and oxygen atoms in total. The molecule has 0 aliphatic rings. The number of para-hydroxylation sites is 2. The molecule has 1 atom stereocenters. The maximum atomic E-state index is 11.7. The summed E-state index contributed by atoms with van der Waals surface area (Å²) < 4.78 is 0. The molecule has 0 fully saturated rings. The van der Waals surface area contributed by atoms with E-state index in [-0.39, 0.29) is 5.91 Å². The van der Waals surface area contributed by atoms with E-state index in [2.05, 4.69) is 29.6 Å². The second-order valence-electron chi connectivity index (χ2n) is 6.79. The quantitative estimate of drug-likeness (QED) is 0.507. The van der Waals surface area contributed by atoms with Crippen molar-refractivity contribution < 1.29 is 4.79 Å². The number of benzene rings is 3. The Balaban J connectivity index is 1.69. The number of nitrogens with zero attached hydrogens (tertiary/aromatic N) is 1. The number of rotatable bonds is 4. The molecule has 28 heavy (non-hydrogen) atoms. The third-order valence-corrected chi connectivity index (χ3v) is 4.66. The van der Waals surface area contributed by atoms with Gasteiger partial charge >= 0.3 is 0 Å². The molecule has 4 heteroatoms. The van der Waals surface area contributed by atoms with Crippen LogP contribution in [0.5, 0.6) is 0 Å². The van der Waals surface area contributed by atoms with Gasteiger partial charge in [-0.25, -0.2) is 4.98 Å². The molecule has 0 saturated heterocycles. The molecule has 4 rings (SSSR count). The molecule has 0 spiro atoms. The smallest absolute Gasteiger partial charge is 0.240 e. The lowest BCUT2D eigenvalue weighted by molar-refractivity contribution is -0.117. The molecule has 138 valence electrons. The van der Waals surface area contributed by atoms with Crippen LogP contribution in [0.4, 0.5) is 5.69 Å². The van der Waals surface area contributed by atoms with Gasteiger partial charge in [-0.1, -0.05) is 60.7 Å². The molecule has 3 N–H and O–H groups in total. The van der Waals surface area contributed by atoms with Crippen LogP contribution < -0.4 is 11.1 Å². The SMILES string of the molecule is CC(N)C(=O)Nc1ccc(/C=C/c2c3ccccc3nc3ccccc23)cc1. The van der Waals surface area contributed by atoms with E-state index in [4.69, 9.17) is 10.7 Å². The Morgan fingerprint density at radius 2 is 1.46 bits per heavy atom. The second-order valence-corrected chi connectivity index (χ2v) is 6.79. The topological polar surface area (TPSA) is 68.0 Å². The first-order chi connectivity index (χ1) is 13.6. The van der Waals surface area contributed by atoms with Crippen LogP contribution in [0.3, 0.4) is 0 Å². The average molecular weight is 367 g/mol. The van der Waals surface area contributed by atoms with E-state index < -0.39 is 6.04 Å². The van der Waals surface area contributed by atoms with Crippen LogP contribution in [0.25, 0.3) is 34.0 Å². The molecule has 0 bridgehead atoms. The van der Waals surface area contributed by atoms with Crippen molar-refractivity contribution in [3.8, 4) is 0 Å². The summed E-state index contributed by atoms with van der Waals surface area (Å²) in [6, 6.07) is 23.5. The minimum atomic E-state index is -0.534. The van der Waals surface area contributed by atoms with Crippen molar-refractivity contribution in [3.63, 3.8) is 0 Å². The van der Waals surface area contributed by atoms with Gasteiger partial charge in [-0.3, -0.25) is 4.79 Å². The highest BCUT2D eigenvalue weighted by atomic mass is 16.2. The zero-order valence-electron chi connectivity index (χ0n) is 15.6. The van der Waals surface area contributed by atoms with Gasteiger partial charge in [0.05, 0.1) is 17.1 Å². The highest BCUT2D eigenvalue weighted by molar-refractivity contribution is 6.04. The zero-order valence-corrected chi connectivity index (χ0v) is 15.6. The summed E-state index contributed by atoms with van der Waals surface area (Å²) in [5.41, 5.74) is 10.5. The van der Waals surface area contributed by atoms with E-state index in [1.165, 1.54) is 0 Å². The van der Waals surface area contributed by atoms with Crippen LogP contribution in [0.15, 0.2) is 72.8 Å². The van der Waals surface area contributed by atoms with Gasteiger partial charge in [0.25, 0.3) is 0 Å². The molecule has 1 aromatic heterocycles. The number of amides is 1. The Morgan fingerprint density at radius 3 is 2.04 bits per heavy atom. The Morgan fingerprint density at radius 1 is 0.893 bits per heavy atom. The summed E-state index contributed by atoms with van der Waals surface area (Å²) in [7, 11) is 0. The lowest BCUT2D eigenvalue weighted by atomic mass is 10.0. The molecule has 0 aliphatic heterocycles. The molecular formula is C24H21N3O. The first kappa shape index (κ1) is 17.9. The lowest BCUT2D eigenvalue weighted by Gasteiger charge is -2.08. The number of carbonyl (C=O) groups excluding carboxylic acids is 1. The van der Waals surface area contributed by atoms with Crippen molar-refractivity contribution >= 4 is 45.6 Å². The van der Waals surface area contributed by atoms with Crippen LogP contribution in [0.1, 0.15) is 18.1 Å². The van der Waals surface area contributed by atoms with E-state index in [0.717, 1.165) is 38.6 Å². The van der Waals surface area contributed by atoms with Crippen LogP contribution in [-0.2, 0) is 4.79 Å². The Bertz CT molecular complexity index is 1120. The molecule has 1 amide bonds. The fraction of sp³-hybridized carbons (Fsp3) is 0.0833. The summed E-state index contributed by atoms with van der Waals surface area (Å²) in [5, 5.41) is 5.04. The number of nitrogens with one attached hydrogen (secondary N) is 1. The predicted molar refractivity (Wildman–Crippen MR) is 117 cm³/mol. The normalized spacial score (nSPS) is 12.5. The third-order valence-electron chi connectivity index (χ3n) is 4.66. The first-order valence-electron chi connectivity index (χ1n) is 9.24. The number of fused-ring (bicyclic) bond motifs is 2. The number of aromatic nitrogens is 1. The summed E-state index contributed by atoms with van der Waals surface area (Å²) in [5.74, 6) is -0.196. The molecule has 0 radical (unpaired) electrons. The van der Waals surface area contributed by atoms with Crippen molar-refractivity contribution in [3.05, 3.63) is 83.9 Å². The standard InChI is InChI=1S/C24H21N3O/c1-16(25)24(28)26-18-13-10-17(11-14-18)12-15-19-20-6-2-4-8-22(20)27-23-9-5-3-7-21(19)23/h2-16H,25H2,1H3,(H,26,28)/b15-12+. The fourth-order valence-electron chi connectivity index (χ4n) is 3.17. The van der Waals surface area contributed by atoms with Crippen molar-refractivity contribution in [1.82, 2.24) is 4.98 Å². The van der Waals surface area contributed by atoms with E-state index in [1.807, 2.05) is 60.7 Å². The molecule has 4 aromatic rings. The number of hydrogen-bond donors (Lipinski definition) is 2. The van der Waals surface area contributed by atoms with Crippen LogP contribution in [0, 0.1) is 0 Å². The molecular weight excluding hydrogens is 346 g/mol. The van der Waals surface area contributed by atoms with Crippen LogP contribution in [-0.4, -0.2) is 16.9 Å². The number of pyridine rings is 1. The summed E-state index contributed by atoms with van der Waals surface area (Å²) in [4.78, 5) is 16.5. The van der Waals surface area contributed by atoms with Gasteiger partial charge in [0, 0.05) is 16.5 Å². The number of carbonyl (C=O) groups is 1. The third kappa shape index (κ3) is 3.63. The average Bonchev–Trinajstić information content (AvgIpc) is 2.72. The van der Waals surface area contributed by atoms with Gasteiger partial charge in [-0.15, -0.1) is 0 Å². The Labute approximate surface area is 163 Å². The van der Waals surface area contributed by atoms with Gasteiger partial charge < -0.3 is 11.1 Å². The number of anilines is 1. The minimum absolute atomic E-state index is 0.196. The Kier molecular flexibility index (Phi) is 4.87. The maximum Gasteiger partial charge on any atom is 0.240 e. The van der Waals surface area contributed by atoms with Crippen LogP contribution in [0.2, 0.25) is 0 Å². The molecule has 3 aromatic carbocycles. The monoisotopic (exact) mass is 367 g/mol. The van der Waals surface area contributed by atoms with E-state index in [9.17, 15) is 4.79 Å². The van der Waals surface area contributed by atoms with E-state index >= 15 is 0 Å². The van der Waals surface area contributed by atoms with E-state index in [0.29, 0.717) is 0 Å². The van der Waals surface area contributed by atoms with Gasteiger partial charge in [0.2, 0.25) is 5.91 Å². The fourth-order valence-corrected chi connectivity index (χ4v) is 3.17. The summed E-state index contributed by atoms with van der Waals surface area (Å²) >= 11 is 0. The molecule has 1 unspecified atom stereocenters. The number of hydrogen-bond acceptors (Lipinski definition) is 3. The molecule has 0 aliphatic carbocycles. The highest BCUT2D eigenvalue weighted by Crippen LogP contribution is 2.27. The van der Waals surface area contributed by atoms with Crippen molar-refractivity contribution in [2.75, 3.05) is 5.32 Å². The molecule has 1 heterocycles.